The van der Waals surface area contributed by atoms with Gasteiger partial charge in [-0.3, -0.25) is 4.68 Å². The summed E-state index contributed by atoms with van der Waals surface area (Å²) in [6.07, 6.45) is 8.29. The van der Waals surface area contributed by atoms with E-state index in [0.29, 0.717) is 5.95 Å². The number of rotatable bonds is 8. The Morgan fingerprint density at radius 1 is 1.32 bits per heavy atom. The summed E-state index contributed by atoms with van der Waals surface area (Å²) in [5.74, 6) is 2.23. The number of nitrogens with zero attached hydrogens (tertiary/aromatic N) is 5. The largest absolute Gasteiger partial charge is 0.369 e. The third-order valence-corrected chi connectivity index (χ3v) is 4.34. The number of hydrogen-bond donors (Lipinski definition) is 3. The van der Waals surface area contributed by atoms with Gasteiger partial charge in [0.1, 0.15) is 11.5 Å². The van der Waals surface area contributed by atoms with E-state index in [1.807, 2.05) is 23.1 Å². The molecule has 1 saturated carbocycles. The third kappa shape index (κ3) is 3.90. The Morgan fingerprint density at radius 2 is 2.20 bits per heavy atom. The topological polar surface area (TPSA) is 86.7 Å². The molecule has 4 rings (SSSR count). The van der Waals surface area contributed by atoms with Crippen molar-refractivity contribution in [1.82, 2.24) is 29.6 Å². The Hall–Kier alpha value is -2.61. The number of hydrogen-bond acceptors (Lipinski definition) is 6. The molecule has 3 aromatic heterocycles. The van der Waals surface area contributed by atoms with Gasteiger partial charge in [0, 0.05) is 25.5 Å². The predicted molar refractivity (Wildman–Crippen MR) is 99.2 cm³/mol. The minimum absolute atomic E-state index is 0.570. The monoisotopic (exact) mass is 340 g/mol. The molecule has 1 aliphatic rings. The van der Waals surface area contributed by atoms with Gasteiger partial charge >= 0.3 is 0 Å². The van der Waals surface area contributed by atoms with E-state index in [9.17, 15) is 0 Å². The van der Waals surface area contributed by atoms with Crippen LogP contribution in [0.5, 0.6) is 0 Å². The fourth-order valence-corrected chi connectivity index (χ4v) is 2.68. The normalized spacial score (nSPS) is 14.4. The Morgan fingerprint density at radius 3 is 3.00 bits per heavy atom. The number of aromatic nitrogens is 5. The number of aromatic amines is 1. The van der Waals surface area contributed by atoms with Crippen LogP contribution >= 0.6 is 0 Å². The molecule has 0 amide bonds. The van der Waals surface area contributed by atoms with Gasteiger partial charge in [0.15, 0.2) is 0 Å². The molecule has 8 nitrogen and oxygen atoms in total. The maximum Gasteiger partial charge on any atom is 0.231 e. The molecular formula is C17H24N8. The summed E-state index contributed by atoms with van der Waals surface area (Å²) in [7, 11) is 4.11. The zero-order valence-corrected chi connectivity index (χ0v) is 14.7. The summed E-state index contributed by atoms with van der Waals surface area (Å²) < 4.78 is 1.92. The molecule has 3 heterocycles. The predicted octanol–water partition coefficient (Wildman–Crippen LogP) is 2.28. The maximum absolute atomic E-state index is 4.65. The van der Waals surface area contributed by atoms with Gasteiger partial charge in [-0.1, -0.05) is 0 Å². The van der Waals surface area contributed by atoms with Crippen LogP contribution in [0.25, 0.3) is 11.0 Å². The lowest BCUT2D eigenvalue weighted by atomic mass is 10.3. The summed E-state index contributed by atoms with van der Waals surface area (Å²) in [5.41, 5.74) is 1.72. The van der Waals surface area contributed by atoms with Crippen molar-refractivity contribution >= 4 is 28.5 Å². The fraction of sp³-hybridized carbons (Fsp3) is 0.471. The molecule has 0 bridgehead atoms. The molecule has 1 aliphatic carbocycles. The van der Waals surface area contributed by atoms with Crippen LogP contribution < -0.4 is 10.6 Å². The lowest BCUT2D eigenvalue weighted by molar-refractivity contribution is 0.373. The zero-order valence-electron chi connectivity index (χ0n) is 14.7. The van der Waals surface area contributed by atoms with Crippen LogP contribution in [0.15, 0.2) is 24.7 Å². The van der Waals surface area contributed by atoms with Gasteiger partial charge in [-0.2, -0.15) is 15.1 Å². The molecule has 1 fully saturated rings. The van der Waals surface area contributed by atoms with Crippen LogP contribution in [-0.2, 0) is 6.54 Å². The maximum atomic E-state index is 4.65. The van der Waals surface area contributed by atoms with Crippen LogP contribution in [-0.4, -0.2) is 56.8 Å². The minimum atomic E-state index is 0.570. The Labute approximate surface area is 146 Å². The first-order chi connectivity index (χ1) is 12.2. The summed E-state index contributed by atoms with van der Waals surface area (Å²) in [4.78, 5) is 14.5. The minimum Gasteiger partial charge on any atom is -0.369 e. The van der Waals surface area contributed by atoms with Crippen molar-refractivity contribution in [3.63, 3.8) is 0 Å². The van der Waals surface area contributed by atoms with Gasteiger partial charge in [-0.15, -0.1) is 0 Å². The number of anilines is 3. The highest BCUT2D eigenvalue weighted by Gasteiger charge is 2.21. The molecule has 0 aliphatic heterocycles. The molecule has 0 saturated heterocycles. The zero-order chi connectivity index (χ0) is 17.2. The summed E-state index contributed by atoms with van der Waals surface area (Å²) in [6, 6.07) is 2.01. The molecular weight excluding hydrogens is 316 g/mol. The average Bonchev–Trinajstić information content (AvgIpc) is 3.10. The van der Waals surface area contributed by atoms with E-state index in [2.05, 4.69) is 49.7 Å². The number of likely N-dealkylation sites (N-methyl/N-ethyl adjacent to an activating group) is 1. The first-order valence-corrected chi connectivity index (χ1v) is 8.70. The molecule has 0 aromatic carbocycles. The van der Waals surface area contributed by atoms with E-state index in [1.165, 1.54) is 12.8 Å². The van der Waals surface area contributed by atoms with E-state index in [-0.39, 0.29) is 0 Å². The van der Waals surface area contributed by atoms with Crippen LogP contribution in [0.3, 0.4) is 0 Å². The molecule has 0 atom stereocenters. The first kappa shape index (κ1) is 15.9. The van der Waals surface area contributed by atoms with Gasteiger partial charge in [-0.25, -0.2) is 0 Å². The number of H-pyrrole nitrogens is 1. The molecule has 3 aromatic rings. The Kier molecular flexibility index (Phi) is 4.27. The second-order valence-electron chi connectivity index (χ2n) is 6.88. The Bertz CT molecular complexity index is 845. The molecule has 25 heavy (non-hydrogen) atoms. The summed E-state index contributed by atoms with van der Waals surface area (Å²) in [5, 5.41) is 12.1. The van der Waals surface area contributed by atoms with Crippen LogP contribution in [0.2, 0.25) is 0 Å². The van der Waals surface area contributed by atoms with Crippen molar-refractivity contribution in [2.45, 2.75) is 19.4 Å². The van der Waals surface area contributed by atoms with E-state index in [1.54, 1.807) is 6.20 Å². The van der Waals surface area contributed by atoms with Crippen molar-refractivity contribution in [1.29, 1.82) is 0 Å². The van der Waals surface area contributed by atoms with Crippen LogP contribution in [0.4, 0.5) is 17.5 Å². The highest BCUT2D eigenvalue weighted by Crippen LogP contribution is 2.30. The molecule has 8 heteroatoms. The van der Waals surface area contributed by atoms with E-state index < -0.39 is 0 Å². The molecule has 0 spiro atoms. The lowest BCUT2D eigenvalue weighted by Gasteiger charge is -2.09. The fourth-order valence-electron chi connectivity index (χ4n) is 2.68. The highest BCUT2D eigenvalue weighted by atomic mass is 15.3. The van der Waals surface area contributed by atoms with E-state index in [4.69, 9.17) is 0 Å². The quantitative estimate of drug-likeness (QED) is 0.583. The summed E-state index contributed by atoms with van der Waals surface area (Å²) in [6.45, 7) is 2.76. The van der Waals surface area contributed by atoms with Gasteiger partial charge in [0.05, 0.1) is 23.8 Å². The smallest absolute Gasteiger partial charge is 0.231 e. The molecule has 3 N–H and O–H groups in total. The van der Waals surface area contributed by atoms with Crippen molar-refractivity contribution < 1.29 is 0 Å². The molecule has 0 radical (unpaired) electrons. The van der Waals surface area contributed by atoms with Crippen LogP contribution in [0.1, 0.15) is 12.8 Å². The second-order valence-corrected chi connectivity index (χ2v) is 6.88. The Balaban J connectivity index is 1.50. The van der Waals surface area contributed by atoms with Gasteiger partial charge in [-0.05, 0) is 38.9 Å². The summed E-state index contributed by atoms with van der Waals surface area (Å²) >= 11 is 0. The van der Waals surface area contributed by atoms with Crippen molar-refractivity contribution in [3.05, 3.63) is 24.7 Å². The standard InChI is InChI=1S/C17H24N8/c1-24(2)7-8-25-11-13(10-20-25)21-17-22-15-14(5-6-18-15)16(23-17)19-9-12-3-4-12/h5-6,10-12H,3-4,7-9H2,1-2H3,(H3,18,19,21,22,23). The third-order valence-electron chi connectivity index (χ3n) is 4.34. The van der Waals surface area contributed by atoms with Crippen molar-refractivity contribution in [3.8, 4) is 0 Å². The highest BCUT2D eigenvalue weighted by molar-refractivity contribution is 5.88. The van der Waals surface area contributed by atoms with Gasteiger partial charge in [0.2, 0.25) is 5.95 Å². The van der Waals surface area contributed by atoms with Crippen molar-refractivity contribution in [2.75, 3.05) is 37.8 Å². The van der Waals surface area contributed by atoms with Crippen LogP contribution in [0, 0.1) is 5.92 Å². The number of nitrogens with one attached hydrogen (secondary N) is 3. The molecule has 0 unspecified atom stereocenters. The second kappa shape index (κ2) is 6.72. The SMILES string of the molecule is CN(C)CCn1cc(Nc2nc(NCC3CC3)c3cc[nH]c3n2)cn1. The van der Waals surface area contributed by atoms with E-state index >= 15 is 0 Å². The van der Waals surface area contributed by atoms with E-state index in [0.717, 1.165) is 48.1 Å². The molecule has 132 valence electrons. The average molecular weight is 340 g/mol. The van der Waals surface area contributed by atoms with Gasteiger partial charge < -0.3 is 20.5 Å². The van der Waals surface area contributed by atoms with Gasteiger partial charge in [0.25, 0.3) is 0 Å². The lowest BCUT2D eigenvalue weighted by Crippen LogP contribution is -2.18. The number of fused-ring (bicyclic) bond motifs is 1. The van der Waals surface area contributed by atoms with Crippen molar-refractivity contribution in [2.24, 2.45) is 5.92 Å². The first-order valence-electron chi connectivity index (χ1n) is 8.70.